The summed E-state index contributed by atoms with van der Waals surface area (Å²) in [7, 11) is 1.50. The van der Waals surface area contributed by atoms with Crippen molar-refractivity contribution in [3.8, 4) is 5.75 Å². The number of anilines is 1. The van der Waals surface area contributed by atoms with E-state index < -0.39 is 24.2 Å². The number of carbonyl (C=O) groups is 1. The molecule has 1 fully saturated rings. The largest absolute Gasteiger partial charge is 0.497 e. The molecule has 162 valence electrons. The van der Waals surface area contributed by atoms with Crippen LogP contribution in [0.4, 0.5) is 19.0 Å². The molecular formula is C20H23F3N4O3. The maximum absolute atomic E-state index is 13.8. The number of hydrogen-bond donors (Lipinski definition) is 2. The third-order valence-corrected chi connectivity index (χ3v) is 5.43. The highest BCUT2D eigenvalue weighted by Gasteiger charge is 2.46. The zero-order valence-electron chi connectivity index (χ0n) is 16.4. The second-order valence-corrected chi connectivity index (χ2v) is 7.47. The zero-order chi connectivity index (χ0) is 21.3. The molecule has 1 amide bonds. The van der Waals surface area contributed by atoms with Crippen molar-refractivity contribution in [3.63, 3.8) is 0 Å². The first kappa shape index (κ1) is 20.5. The van der Waals surface area contributed by atoms with Gasteiger partial charge in [0.1, 0.15) is 11.6 Å². The zero-order valence-corrected chi connectivity index (χ0v) is 16.4. The molecule has 4 rings (SSSR count). The molecule has 0 aliphatic carbocycles. The number of nitrogens with one attached hydrogen (secondary N) is 2. The third-order valence-electron chi connectivity index (χ3n) is 5.43. The Morgan fingerprint density at radius 1 is 1.40 bits per heavy atom. The van der Waals surface area contributed by atoms with Crippen molar-refractivity contribution < 1.29 is 27.4 Å². The van der Waals surface area contributed by atoms with Crippen LogP contribution in [0.2, 0.25) is 0 Å². The topological polar surface area (TPSA) is 77.4 Å². The average Bonchev–Trinajstić information content (AvgIpc) is 3.40. The van der Waals surface area contributed by atoms with Gasteiger partial charge in [-0.3, -0.25) is 4.79 Å². The highest BCUT2D eigenvalue weighted by atomic mass is 19.4. The van der Waals surface area contributed by atoms with E-state index in [2.05, 4.69) is 15.7 Å². The summed E-state index contributed by atoms with van der Waals surface area (Å²) in [5.74, 6) is 0.192. The second kappa shape index (κ2) is 8.17. The van der Waals surface area contributed by atoms with Gasteiger partial charge < -0.3 is 20.1 Å². The van der Waals surface area contributed by atoms with Gasteiger partial charge in [-0.05, 0) is 30.5 Å². The predicted octanol–water partition coefficient (Wildman–Crippen LogP) is 3.46. The van der Waals surface area contributed by atoms with Gasteiger partial charge in [0.2, 0.25) is 0 Å². The Kier molecular flexibility index (Phi) is 5.59. The van der Waals surface area contributed by atoms with Crippen LogP contribution in [0.15, 0.2) is 30.3 Å². The lowest BCUT2D eigenvalue weighted by atomic mass is 9.97. The first-order chi connectivity index (χ1) is 14.3. The van der Waals surface area contributed by atoms with Crippen molar-refractivity contribution in [2.45, 2.75) is 43.6 Å². The Labute approximate surface area is 171 Å². The van der Waals surface area contributed by atoms with E-state index in [-0.39, 0.29) is 24.0 Å². The summed E-state index contributed by atoms with van der Waals surface area (Å²) in [6, 6.07) is 5.82. The molecule has 1 aromatic carbocycles. The van der Waals surface area contributed by atoms with E-state index in [1.807, 2.05) is 0 Å². The summed E-state index contributed by atoms with van der Waals surface area (Å²) < 4.78 is 52.9. The molecule has 30 heavy (non-hydrogen) atoms. The van der Waals surface area contributed by atoms with Crippen LogP contribution in [0.3, 0.4) is 0 Å². The van der Waals surface area contributed by atoms with Gasteiger partial charge in [-0.1, -0.05) is 12.1 Å². The molecule has 0 unspecified atom stereocenters. The molecule has 10 heteroatoms. The van der Waals surface area contributed by atoms with Crippen LogP contribution in [0.1, 0.15) is 47.4 Å². The highest BCUT2D eigenvalue weighted by Crippen LogP contribution is 2.43. The molecule has 0 radical (unpaired) electrons. The number of aromatic nitrogens is 2. The van der Waals surface area contributed by atoms with Gasteiger partial charge in [0.25, 0.3) is 5.91 Å². The van der Waals surface area contributed by atoms with Crippen molar-refractivity contribution in [3.05, 3.63) is 41.6 Å². The van der Waals surface area contributed by atoms with Crippen LogP contribution in [0, 0.1) is 0 Å². The number of methoxy groups -OCH3 is 1. The molecular weight excluding hydrogens is 401 g/mol. The van der Waals surface area contributed by atoms with Crippen LogP contribution < -0.4 is 15.4 Å². The number of alkyl halides is 3. The fourth-order valence-corrected chi connectivity index (χ4v) is 3.86. The molecule has 2 N–H and O–H groups in total. The molecule has 3 heterocycles. The number of ether oxygens (including phenoxy) is 2. The van der Waals surface area contributed by atoms with Gasteiger partial charge in [-0.2, -0.15) is 18.3 Å². The number of carbonyl (C=O) groups excluding carboxylic acids is 1. The molecule has 1 saturated heterocycles. The number of benzene rings is 1. The van der Waals surface area contributed by atoms with Crippen LogP contribution >= 0.6 is 0 Å². The molecule has 7 nitrogen and oxygen atoms in total. The minimum Gasteiger partial charge on any atom is -0.497 e. The summed E-state index contributed by atoms with van der Waals surface area (Å²) in [6.45, 7) is 0.964. The second-order valence-electron chi connectivity index (χ2n) is 7.47. The van der Waals surface area contributed by atoms with Crippen molar-refractivity contribution in [1.29, 1.82) is 0 Å². The Balaban J connectivity index is 1.57. The Morgan fingerprint density at radius 2 is 2.23 bits per heavy atom. The minimum atomic E-state index is -4.51. The normalized spacial score (nSPS) is 23.5. The summed E-state index contributed by atoms with van der Waals surface area (Å²) >= 11 is 0. The number of nitrogens with zero attached hydrogens (tertiary/aromatic N) is 2. The van der Waals surface area contributed by atoms with Crippen LogP contribution in [-0.2, 0) is 4.74 Å². The number of fused-ring (bicyclic) bond motifs is 1. The van der Waals surface area contributed by atoms with Crippen LogP contribution in [-0.4, -0.2) is 48.2 Å². The van der Waals surface area contributed by atoms with Gasteiger partial charge in [0.05, 0.1) is 19.3 Å². The van der Waals surface area contributed by atoms with E-state index >= 15 is 0 Å². The molecule has 0 bridgehead atoms. The van der Waals surface area contributed by atoms with Crippen LogP contribution in [0.5, 0.6) is 5.75 Å². The maximum atomic E-state index is 13.8. The lowest BCUT2D eigenvalue weighted by Gasteiger charge is -2.33. The van der Waals surface area contributed by atoms with Gasteiger partial charge in [-0.25, -0.2) is 4.68 Å². The number of amides is 1. The van der Waals surface area contributed by atoms with Gasteiger partial charge in [0, 0.05) is 25.6 Å². The summed E-state index contributed by atoms with van der Waals surface area (Å²) in [6.07, 6.45) is -3.04. The van der Waals surface area contributed by atoms with E-state index in [1.54, 1.807) is 24.3 Å². The number of halogens is 3. The van der Waals surface area contributed by atoms with Gasteiger partial charge in [0.15, 0.2) is 11.7 Å². The molecule has 2 aliphatic heterocycles. The van der Waals surface area contributed by atoms with Crippen molar-refractivity contribution in [2.75, 3.05) is 25.6 Å². The standard InChI is InChI=1S/C20H23F3N4O3/c1-29-13-5-2-4-12(8-13)15-9-17(20(21,22)23)27-18(25-15)10-16(26-27)19(28)24-11-14-6-3-7-30-14/h2,4-5,8,10,14-15,17,25H,3,6-7,9,11H2,1H3,(H,24,28)/t14-,15-,17-/m0/s1. The van der Waals surface area contributed by atoms with Crippen molar-refractivity contribution in [1.82, 2.24) is 15.1 Å². The Morgan fingerprint density at radius 3 is 2.93 bits per heavy atom. The van der Waals surface area contributed by atoms with E-state index in [1.165, 1.54) is 13.2 Å². The summed E-state index contributed by atoms with van der Waals surface area (Å²) in [5, 5.41) is 9.74. The summed E-state index contributed by atoms with van der Waals surface area (Å²) in [5.41, 5.74) is 0.608. The van der Waals surface area contributed by atoms with Crippen LogP contribution in [0.25, 0.3) is 0 Å². The van der Waals surface area contributed by atoms with Crippen molar-refractivity contribution in [2.24, 2.45) is 0 Å². The van der Waals surface area contributed by atoms with E-state index in [4.69, 9.17) is 9.47 Å². The Bertz CT molecular complexity index is 909. The number of rotatable bonds is 5. The fourth-order valence-electron chi connectivity index (χ4n) is 3.86. The monoisotopic (exact) mass is 424 g/mol. The van der Waals surface area contributed by atoms with E-state index in [0.717, 1.165) is 17.5 Å². The number of hydrogen-bond acceptors (Lipinski definition) is 5. The first-order valence-electron chi connectivity index (χ1n) is 9.81. The molecule has 1 aromatic heterocycles. The molecule has 2 aliphatic rings. The SMILES string of the molecule is COc1cccc([C@@H]2C[C@@H](C(F)(F)F)n3nc(C(=O)NC[C@@H]4CCCO4)cc3N2)c1. The molecule has 3 atom stereocenters. The smallest absolute Gasteiger partial charge is 0.410 e. The maximum Gasteiger partial charge on any atom is 0.410 e. The summed E-state index contributed by atoms with van der Waals surface area (Å²) in [4.78, 5) is 12.4. The molecule has 2 aromatic rings. The third kappa shape index (κ3) is 4.23. The Hall–Kier alpha value is -2.75. The van der Waals surface area contributed by atoms with E-state index in [0.29, 0.717) is 24.5 Å². The van der Waals surface area contributed by atoms with Crippen molar-refractivity contribution >= 4 is 11.7 Å². The minimum absolute atomic E-state index is 0.0592. The fraction of sp³-hybridized carbons (Fsp3) is 0.500. The molecule has 0 spiro atoms. The van der Waals surface area contributed by atoms with Gasteiger partial charge >= 0.3 is 6.18 Å². The molecule has 0 saturated carbocycles. The first-order valence-corrected chi connectivity index (χ1v) is 9.81. The predicted molar refractivity (Wildman–Crippen MR) is 103 cm³/mol. The lowest BCUT2D eigenvalue weighted by Crippen LogP contribution is -2.36. The lowest BCUT2D eigenvalue weighted by molar-refractivity contribution is -0.173. The van der Waals surface area contributed by atoms with E-state index in [9.17, 15) is 18.0 Å². The van der Waals surface area contributed by atoms with Gasteiger partial charge in [-0.15, -0.1) is 0 Å². The highest BCUT2D eigenvalue weighted by molar-refractivity contribution is 5.93. The average molecular weight is 424 g/mol. The quantitative estimate of drug-likeness (QED) is 0.769.